The van der Waals surface area contributed by atoms with Crippen LogP contribution in [0.2, 0.25) is 0 Å². The van der Waals surface area contributed by atoms with Crippen LogP contribution in [0, 0.1) is 5.92 Å². The van der Waals surface area contributed by atoms with E-state index < -0.39 is 0 Å². The van der Waals surface area contributed by atoms with Gasteiger partial charge in [0.2, 0.25) is 5.91 Å². The van der Waals surface area contributed by atoms with E-state index in [1.54, 1.807) is 19.4 Å². The van der Waals surface area contributed by atoms with Gasteiger partial charge in [-0.2, -0.15) is 0 Å². The van der Waals surface area contributed by atoms with Crippen molar-refractivity contribution in [3.63, 3.8) is 0 Å². The van der Waals surface area contributed by atoms with Crippen LogP contribution in [0.5, 0.6) is 0 Å². The Hall–Kier alpha value is -1.46. The number of hydrogen-bond acceptors (Lipinski definition) is 4. The summed E-state index contributed by atoms with van der Waals surface area (Å²) in [6.07, 6.45) is 3.53. The third-order valence-electron chi connectivity index (χ3n) is 3.28. The molecule has 0 aliphatic rings. The van der Waals surface area contributed by atoms with Crippen LogP contribution in [-0.4, -0.2) is 42.5 Å². The number of rotatable bonds is 6. The van der Waals surface area contributed by atoms with E-state index in [2.05, 4.69) is 15.2 Å². The first-order valence-corrected chi connectivity index (χ1v) is 6.54. The van der Waals surface area contributed by atoms with E-state index in [0.717, 1.165) is 5.56 Å². The van der Waals surface area contributed by atoms with E-state index in [1.165, 1.54) is 0 Å². The van der Waals surface area contributed by atoms with E-state index in [9.17, 15) is 4.79 Å². The first-order chi connectivity index (χ1) is 8.97. The fourth-order valence-electron chi connectivity index (χ4n) is 2.39. The maximum Gasteiger partial charge on any atom is 0.223 e. The summed E-state index contributed by atoms with van der Waals surface area (Å²) in [6.45, 7) is 4.56. The van der Waals surface area contributed by atoms with Crippen molar-refractivity contribution in [1.82, 2.24) is 15.2 Å². The molecule has 5 heteroatoms. The van der Waals surface area contributed by atoms with Crippen LogP contribution in [0.15, 0.2) is 24.5 Å². The van der Waals surface area contributed by atoms with Crippen molar-refractivity contribution in [2.45, 2.75) is 25.9 Å². The van der Waals surface area contributed by atoms with E-state index in [0.29, 0.717) is 6.54 Å². The molecular formula is C14H24N4O. The topological polar surface area (TPSA) is 71.2 Å². The second kappa shape index (κ2) is 7.21. The highest BCUT2D eigenvalue weighted by atomic mass is 16.1. The number of aromatic nitrogens is 1. The predicted octanol–water partition coefficient (Wildman–Crippen LogP) is 0.784. The molecule has 1 aromatic heterocycles. The van der Waals surface area contributed by atoms with Gasteiger partial charge in [-0.15, -0.1) is 0 Å². The number of carbonyl (C=O) groups excluding carboxylic acids is 1. The van der Waals surface area contributed by atoms with Crippen LogP contribution >= 0.6 is 0 Å². The highest BCUT2D eigenvalue weighted by Gasteiger charge is 2.24. The van der Waals surface area contributed by atoms with Crippen molar-refractivity contribution >= 4 is 5.91 Å². The fraction of sp³-hybridized carbons (Fsp3) is 0.571. The average molecular weight is 264 g/mol. The Morgan fingerprint density at radius 1 is 1.42 bits per heavy atom. The predicted molar refractivity (Wildman–Crippen MR) is 76.5 cm³/mol. The van der Waals surface area contributed by atoms with Crippen LogP contribution < -0.4 is 11.1 Å². The average Bonchev–Trinajstić information content (AvgIpc) is 2.38. The Kier molecular flexibility index (Phi) is 5.92. The molecule has 0 bridgehead atoms. The third-order valence-corrected chi connectivity index (χ3v) is 3.28. The zero-order valence-electron chi connectivity index (χ0n) is 12.1. The van der Waals surface area contributed by atoms with Crippen LogP contribution in [0.25, 0.3) is 0 Å². The van der Waals surface area contributed by atoms with Gasteiger partial charge in [0, 0.05) is 44.0 Å². The van der Waals surface area contributed by atoms with Crippen LogP contribution in [0.4, 0.5) is 0 Å². The second-order valence-electron chi connectivity index (χ2n) is 5.04. The van der Waals surface area contributed by atoms with Gasteiger partial charge in [0.1, 0.15) is 0 Å². The molecule has 5 nitrogen and oxygen atoms in total. The Balaban J connectivity index is 2.80. The molecule has 0 fully saturated rings. The molecule has 19 heavy (non-hydrogen) atoms. The van der Waals surface area contributed by atoms with E-state index in [1.807, 2.05) is 33.0 Å². The van der Waals surface area contributed by atoms with E-state index in [-0.39, 0.29) is 23.9 Å². The maximum atomic E-state index is 11.6. The molecule has 106 valence electrons. The first-order valence-electron chi connectivity index (χ1n) is 6.54. The standard InChI is InChI=1S/C14H24N4O/c1-10(14(19)16-3)9-18(4)13(11(2)15)12-5-7-17-8-6-12/h5-8,10-11,13H,9,15H2,1-4H3,(H,16,19). The van der Waals surface area contributed by atoms with E-state index in [4.69, 9.17) is 5.73 Å². The van der Waals surface area contributed by atoms with Crippen molar-refractivity contribution in [2.75, 3.05) is 20.6 Å². The molecule has 1 aromatic rings. The highest BCUT2D eigenvalue weighted by Crippen LogP contribution is 2.22. The lowest BCUT2D eigenvalue weighted by Crippen LogP contribution is -2.41. The summed E-state index contributed by atoms with van der Waals surface area (Å²) >= 11 is 0. The van der Waals surface area contributed by atoms with Crippen molar-refractivity contribution in [3.05, 3.63) is 30.1 Å². The van der Waals surface area contributed by atoms with Gasteiger partial charge in [0.15, 0.2) is 0 Å². The minimum absolute atomic E-state index is 0.0238. The summed E-state index contributed by atoms with van der Waals surface area (Å²) < 4.78 is 0. The summed E-state index contributed by atoms with van der Waals surface area (Å²) in [7, 11) is 3.65. The lowest BCUT2D eigenvalue weighted by atomic mass is 9.99. The van der Waals surface area contributed by atoms with E-state index >= 15 is 0 Å². The number of pyridine rings is 1. The summed E-state index contributed by atoms with van der Waals surface area (Å²) in [5.74, 6) is -0.0249. The van der Waals surface area contributed by atoms with Crippen molar-refractivity contribution in [2.24, 2.45) is 11.7 Å². The van der Waals surface area contributed by atoms with Gasteiger partial charge in [0.25, 0.3) is 0 Å². The first kappa shape index (κ1) is 15.6. The fourth-order valence-corrected chi connectivity index (χ4v) is 2.39. The van der Waals surface area contributed by atoms with Crippen LogP contribution in [-0.2, 0) is 4.79 Å². The zero-order chi connectivity index (χ0) is 14.4. The molecule has 3 atom stereocenters. The molecule has 1 heterocycles. The number of nitrogens with one attached hydrogen (secondary N) is 1. The third kappa shape index (κ3) is 4.29. The quantitative estimate of drug-likeness (QED) is 0.796. The number of carbonyl (C=O) groups is 1. The maximum absolute atomic E-state index is 11.6. The van der Waals surface area contributed by atoms with Crippen molar-refractivity contribution < 1.29 is 4.79 Å². The van der Waals surface area contributed by atoms with Gasteiger partial charge in [-0.05, 0) is 31.7 Å². The number of hydrogen-bond donors (Lipinski definition) is 2. The molecule has 1 rings (SSSR count). The van der Waals surface area contributed by atoms with Crippen LogP contribution in [0.3, 0.4) is 0 Å². The molecule has 3 unspecified atom stereocenters. The smallest absolute Gasteiger partial charge is 0.223 e. The van der Waals surface area contributed by atoms with Gasteiger partial charge in [-0.3, -0.25) is 14.7 Å². The minimum atomic E-state index is -0.0712. The number of amides is 1. The largest absolute Gasteiger partial charge is 0.359 e. The van der Waals surface area contributed by atoms with Gasteiger partial charge >= 0.3 is 0 Å². The molecule has 1 amide bonds. The molecule has 0 radical (unpaired) electrons. The Labute approximate surface area is 115 Å². The summed E-state index contributed by atoms with van der Waals surface area (Å²) in [4.78, 5) is 17.7. The Bertz CT molecular complexity index is 394. The molecule has 0 aliphatic carbocycles. The molecule has 0 saturated carbocycles. The van der Waals surface area contributed by atoms with Gasteiger partial charge in [-0.1, -0.05) is 6.92 Å². The van der Waals surface area contributed by atoms with Gasteiger partial charge < -0.3 is 11.1 Å². The monoisotopic (exact) mass is 264 g/mol. The van der Waals surface area contributed by atoms with Crippen LogP contribution in [0.1, 0.15) is 25.5 Å². The van der Waals surface area contributed by atoms with Crippen molar-refractivity contribution in [3.8, 4) is 0 Å². The molecule has 0 aromatic carbocycles. The lowest BCUT2D eigenvalue weighted by molar-refractivity contribution is -0.124. The molecule has 0 spiro atoms. The van der Waals surface area contributed by atoms with Crippen molar-refractivity contribution in [1.29, 1.82) is 0 Å². The van der Waals surface area contributed by atoms with Gasteiger partial charge in [-0.25, -0.2) is 0 Å². The lowest BCUT2D eigenvalue weighted by Gasteiger charge is -2.32. The van der Waals surface area contributed by atoms with Gasteiger partial charge in [0.05, 0.1) is 0 Å². The number of likely N-dealkylation sites (N-methyl/N-ethyl adjacent to an activating group) is 1. The Morgan fingerprint density at radius 2 is 2.00 bits per heavy atom. The number of nitrogens with two attached hydrogens (primary N) is 1. The molecule has 0 aliphatic heterocycles. The Morgan fingerprint density at radius 3 is 2.47 bits per heavy atom. The SMILES string of the molecule is CNC(=O)C(C)CN(C)C(c1ccncc1)C(C)N. The summed E-state index contributed by atoms with van der Waals surface area (Å²) in [5.41, 5.74) is 7.21. The summed E-state index contributed by atoms with van der Waals surface area (Å²) in [6, 6.07) is 3.99. The zero-order valence-corrected chi connectivity index (χ0v) is 12.1. The normalized spacial score (nSPS) is 15.9. The minimum Gasteiger partial charge on any atom is -0.359 e. The molecule has 3 N–H and O–H groups in total. The summed E-state index contributed by atoms with van der Waals surface area (Å²) in [5, 5.41) is 2.67. The highest BCUT2D eigenvalue weighted by molar-refractivity contribution is 5.78. The second-order valence-corrected chi connectivity index (χ2v) is 5.04. The molecular weight excluding hydrogens is 240 g/mol. The molecule has 0 saturated heterocycles. The number of nitrogens with zero attached hydrogens (tertiary/aromatic N) is 2.